The molecule has 1 aliphatic rings. The molecular formula is C39H33N5. The van der Waals surface area contributed by atoms with Crippen molar-refractivity contribution in [3.63, 3.8) is 0 Å². The fourth-order valence-corrected chi connectivity index (χ4v) is 7.41. The van der Waals surface area contributed by atoms with E-state index >= 15 is 0 Å². The third kappa shape index (κ3) is 3.29. The molecule has 44 heavy (non-hydrogen) atoms. The number of hydrogen-bond acceptors (Lipinski definition) is 2. The first-order valence-electron chi connectivity index (χ1n) is 15.3. The SMILES string of the molecule is CC(C)(C)c1cc2c3c(c1)c1ccc(-n4c5ccccc5c5ccc(-n6cccn6)cc54)cc1n3-c1ncccc1C2(C)C. The van der Waals surface area contributed by atoms with Crippen LogP contribution in [0.25, 0.3) is 60.8 Å². The summed E-state index contributed by atoms with van der Waals surface area (Å²) in [5.74, 6) is 1.02. The number of hydrogen-bond donors (Lipinski definition) is 0. The van der Waals surface area contributed by atoms with Crippen molar-refractivity contribution >= 4 is 43.6 Å². The standard InChI is InChI=1S/C39H33N5/c1-38(2,3)24-20-30-29-16-14-26(23-35(29)44-36(30)32(21-24)39(4,5)31-11-8-17-40-37(31)44)43-33-12-7-6-10-27(33)28-15-13-25(22-34(28)43)42-19-9-18-41-42/h6-23H,1-5H3. The van der Waals surface area contributed by atoms with Crippen molar-refractivity contribution in [1.82, 2.24) is 23.9 Å². The van der Waals surface area contributed by atoms with Crippen molar-refractivity contribution in [2.45, 2.75) is 45.4 Å². The predicted octanol–water partition coefficient (Wildman–Crippen LogP) is 9.40. The van der Waals surface area contributed by atoms with Crippen molar-refractivity contribution in [2.24, 2.45) is 0 Å². The normalized spacial score (nSPS) is 14.2. The van der Waals surface area contributed by atoms with Gasteiger partial charge >= 0.3 is 0 Å². The maximum absolute atomic E-state index is 5.01. The number of para-hydroxylation sites is 1. The van der Waals surface area contributed by atoms with E-state index in [1.54, 1.807) is 0 Å². The lowest BCUT2D eigenvalue weighted by Crippen LogP contribution is -2.28. The van der Waals surface area contributed by atoms with Crippen LogP contribution in [0.1, 0.15) is 51.3 Å². The molecule has 5 heteroatoms. The summed E-state index contributed by atoms with van der Waals surface area (Å²) in [6, 6.07) is 33.4. The minimum atomic E-state index is -0.175. The van der Waals surface area contributed by atoms with Crippen LogP contribution < -0.4 is 0 Å². The van der Waals surface area contributed by atoms with Gasteiger partial charge in [-0.05, 0) is 65.1 Å². The molecule has 0 aliphatic carbocycles. The number of aromatic nitrogens is 5. The van der Waals surface area contributed by atoms with Gasteiger partial charge in [-0.25, -0.2) is 9.67 Å². The summed E-state index contributed by atoms with van der Waals surface area (Å²) in [5.41, 5.74) is 10.8. The summed E-state index contributed by atoms with van der Waals surface area (Å²) >= 11 is 0. The van der Waals surface area contributed by atoms with Crippen LogP contribution in [0, 0.1) is 0 Å². The minimum Gasteiger partial charge on any atom is -0.309 e. The monoisotopic (exact) mass is 571 g/mol. The van der Waals surface area contributed by atoms with E-state index < -0.39 is 0 Å². The van der Waals surface area contributed by atoms with E-state index in [0.29, 0.717) is 0 Å². The summed E-state index contributed by atoms with van der Waals surface area (Å²) in [5, 5.41) is 9.52. The highest BCUT2D eigenvalue weighted by molar-refractivity contribution is 6.13. The van der Waals surface area contributed by atoms with Crippen molar-refractivity contribution in [3.8, 4) is 17.2 Å². The zero-order valence-corrected chi connectivity index (χ0v) is 25.6. The molecule has 1 aliphatic heterocycles. The molecule has 8 aromatic rings. The Morgan fingerprint density at radius 2 is 1.34 bits per heavy atom. The lowest BCUT2D eigenvalue weighted by Gasteiger charge is -2.35. The van der Waals surface area contributed by atoms with Crippen molar-refractivity contribution in [1.29, 1.82) is 0 Å². The summed E-state index contributed by atoms with van der Waals surface area (Å²) in [7, 11) is 0. The molecule has 9 rings (SSSR count). The van der Waals surface area contributed by atoms with Crippen molar-refractivity contribution < 1.29 is 0 Å². The highest BCUT2D eigenvalue weighted by atomic mass is 15.3. The van der Waals surface area contributed by atoms with Gasteiger partial charge in [-0.15, -0.1) is 0 Å². The quantitative estimate of drug-likeness (QED) is 0.207. The molecule has 0 radical (unpaired) electrons. The zero-order chi connectivity index (χ0) is 30.0. The highest BCUT2D eigenvalue weighted by Gasteiger charge is 2.37. The topological polar surface area (TPSA) is 40.6 Å². The summed E-state index contributed by atoms with van der Waals surface area (Å²) in [6.45, 7) is 11.6. The van der Waals surface area contributed by atoms with Crippen LogP contribution in [0.5, 0.6) is 0 Å². The second-order valence-corrected chi connectivity index (χ2v) is 13.7. The third-order valence-electron chi connectivity index (χ3n) is 9.74. The van der Waals surface area contributed by atoms with E-state index in [1.165, 1.54) is 54.8 Å². The number of rotatable bonds is 2. The molecule has 4 aromatic carbocycles. The molecule has 4 aromatic heterocycles. The Balaban J connectivity index is 1.41. The fraction of sp³-hybridized carbons (Fsp3) is 0.179. The molecule has 0 unspecified atom stereocenters. The Kier molecular flexibility index (Phi) is 4.88. The molecule has 0 spiro atoms. The van der Waals surface area contributed by atoms with Crippen LogP contribution in [-0.4, -0.2) is 23.9 Å². The van der Waals surface area contributed by atoms with Gasteiger partial charge < -0.3 is 4.57 Å². The number of benzene rings is 4. The van der Waals surface area contributed by atoms with Crippen LogP contribution in [-0.2, 0) is 10.8 Å². The smallest absolute Gasteiger partial charge is 0.141 e. The molecule has 0 N–H and O–H groups in total. The van der Waals surface area contributed by atoms with Gasteiger partial charge in [0.25, 0.3) is 0 Å². The van der Waals surface area contributed by atoms with Gasteiger partial charge in [-0.1, -0.05) is 77.1 Å². The first-order chi connectivity index (χ1) is 21.2. The van der Waals surface area contributed by atoms with Gasteiger partial charge in [0.2, 0.25) is 0 Å². The van der Waals surface area contributed by atoms with E-state index in [0.717, 1.165) is 22.7 Å². The van der Waals surface area contributed by atoms with Crippen LogP contribution in [0.4, 0.5) is 0 Å². The van der Waals surface area contributed by atoms with Crippen LogP contribution >= 0.6 is 0 Å². The molecule has 0 amide bonds. The molecule has 5 heterocycles. The third-order valence-corrected chi connectivity index (χ3v) is 9.74. The van der Waals surface area contributed by atoms with Crippen molar-refractivity contribution in [2.75, 3.05) is 0 Å². The number of pyridine rings is 1. The lowest BCUT2D eigenvalue weighted by molar-refractivity contribution is 0.581. The summed E-state index contributed by atoms with van der Waals surface area (Å²) in [6.07, 6.45) is 5.74. The second-order valence-electron chi connectivity index (χ2n) is 13.7. The Morgan fingerprint density at radius 1 is 0.614 bits per heavy atom. The second kappa shape index (κ2) is 8.48. The Bertz CT molecular complexity index is 2450. The van der Waals surface area contributed by atoms with E-state index in [-0.39, 0.29) is 10.8 Å². The van der Waals surface area contributed by atoms with Crippen LogP contribution in [0.15, 0.2) is 110 Å². The van der Waals surface area contributed by atoms with Gasteiger partial charge in [0.1, 0.15) is 5.82 Å². The first-order valence-corrected chi connectivity index (χ1v) is 15.3. The lowest BCUT2D eigenvalue weighted by atomic mass is 9.73. The average molecular weight is 572 g/mol. The zero-order valence-electron chi connectivity index (χ0n) is 25.6. The van der Waals surface area contributed by atoms with Crippen molar-refractivity contribution in [3.05, 3.63) is 126 Å². The van der Waals surface area contributed by atoms with E-state index in [9.17, 15) is 0 Å². The Hall–Kier alpha value is -5.16. The van der Waals surface area contributed by atoms with E-state index in [1.807, 2.05) is 29.3 Å². The van der Waals surface area contributed by atoms with E-state index in [2.05, 4.69) is 134 Å². The molecule has 0 bridgehead atoms. The maximum Gasteiger partial charge on any atom is 0.141 e. The number of nitrogens with zero attached hydrogens (tertiary/aromatic N) is 5. The van der Waals surface area contributed by atoms with Crippen LogP contribution in [0.2, 0.25) is 0 Å². The van der Waals surface area contributed by atoms with Gasteiger partial charge in [0.05, 0.1) is 27.8 Å². The van der Waals surface area contributed by atoms with Gasteiger partial charge in [0.15, 0.2) is 0 Å². The Morgan fingerprint density at radius 3 is 2.14 bits per heavy atom. The molecule has 0 atom stereocenters. The summed E-state index contributed by atoms with van der Waals surface area (Å²) < 4.78 is 6.74. The minimum absolute atomic E-state index is 0.0274. The van der Waals surface area contributed by atoms with Gasteiger partial charge in [-0.3, -0.25) is 4.57 Å². The van der Waals surface area contributed by atoms with E-state index in [4.69, 9.17) is 4.98 Å². The number of fused-ring (bicyclic) bond motifs is 8. The predicted molar refractivity (Wildman–Crippen MR) is 181 cm³/mol. The molecule has 0 saturated carbocycles. The molecular weight excluding hydrogens is 538 g/mol. The molecule has 214 valence electrons. The maximum atomic E-state index is 5.01. The molecule has 0 fully saturated rings. The molecule has 0 saturated heterocycles. The fourth-order valence-electron chi connectivity index (χ4n) is 7.41. The molecule has 5 nitrogen and oxygen atoms in total. The highest BCUT2D eigenvalue weighted by Crippen LogP contribution is 2.48. The largest absolute Gasteiger partial charge is 0.309 e. The van der Waals surface area contributed by atoms with Gasteiger partial charge in [0, 0.05) is 56.8 Å². The van der Waals surface area contributed by atoms with Gasteiger partial charge in [-0.2, -0.15) is 5.10 Å². The first kappa shape index (κ1) is 25.3. The van der Waals surface area contributed by atoms with Crippen LogP contribution in [0.3, 0.4) is 0 Å². The summed E-state index contributed by atoms with van der Waals surface area (Å²) in [4.78, 5) is 5.01. The average Bonchev–Trinajstić information content (AvgIpc) is 3.74. The Labute approximate surface area is 256 Å².